The molecule has 1 atom stereocenters. The summed E-state index contributed by atoms with van der Waals surface area (Å²) < 4.78 is 32.8. The first-order valence-corrected chi connectivity index (χ1v) is 7.71. The number of hydrogen-bond donors (Lipinski definition) is 3. The van der Waals surface area contributed by atoms with E-state index in [2.05, 4.69) is 14.9 Å². The van der Waals surface area contributed by atoms with Crippen LogP contribution in [-0.4, -0.2) is 36.9 Å². The highest BCUT2D eigenvalue weighted by molar-refractivity contribution is 7.89. The van der Waals surface area contributed by atoms with Crippen molar-refractivity contribution in [2.45, 2.75) is 49.9 Å². The predicted molar refractivity (Wildman–Crippen MR) is 69.9 cm³/mol. The molecule has 1 aromatic heterocycles. The second kappa shape index (κ2) is 5.20. The summed E-state index contributed by atoms with van der Waals surface area (Å²) in [5, 5.41) is 6.28. The predicted octanol–water partition coefficient (Wildman–Crippen LogP) is 0.104. The summed E-state index contributed by atoms with van der Waals surface area (Å²) in [4.78, 5) is 0. The van der Waals surface area contributed by atoms with E-state index in [1.807, 2.05) is 13.8 Å². The molecule has 2 heterocycles. The Balaban J connectivity index is 2.14. The Morgan fingerprint density at radius 3 is 3.00 bits per heavy atom. The molecule has 2 rings (SSSR count). The lowest BCUT2D eigenvalue weighted by Crippen LogP contribution is -2.45. The average molecular weight is 288 g/mol. The molecule has 108 valence electrons. The van der Waals surface area contributed by atoms with Crippen LogP contribution in [0.25, 0.3) is 0 Å². The molecule has 0 radical (unpaired) electrons. The number of H-pyrrole nitrogens is 1. The second-order valence-corrected chi connectivity index (χ2v) is 7.00. The van der Waals surface area contributed by atoms with Gasteiger partial charge in [0.15, 0.2) is 5.03 Å². The molecule has 1 fully saturated rings. The number of nitrogens with one attached hydrogen (secondary N) is 2. The maximum atomic E-state index is 12.3. The van der Waals surface area contributed by atoms with Crippen LogP contribution in [0.4, 0.5) is 0 Å². The zero-order chi connectivity index (χ0) is 14.1. The van der Waals surface area contributed by atoms with Gasteiger partial charge in [0.05, 0.1) is 11.8 Å². The Labute approximate surface area is 113 Å². The van der Waals surface area contributed by atoms with Crippen LogP contribution in [0.15, 0.2) is 11.2 Å². The monoisotopic (exact) mass is 288 g/mol. The molecule has 0 aliphatic carbocycles. The molecule has 0 amide bonds. The summed E-state index contributed by atoms with van der Waals surface area (Å²) in [5.41, 5.74) is 5.67. The molecule has 8 heteroatoms. The van der Waals surface area contributed by atoms with Crippen molar-refractivity contribution in [3.63, 3.8) is 0 Å². The van der Waals surface area contributed by atoms with Gasteiger partial charge in [-0.1, -0.05) is 0 Å². The third-order valence-electron chi connectivity index (χ3n) is 3.19. The molecule has 1 aliphatic heterocycles. The van der Waals surface area contributed by atoms with Crippen LogP contribution < -0.4 is 10.5 Å². The van der Waals surface area contributed by atoms with Crippen molar-refractivity contribution in [2.75, 3.05) is 6.61 Å². The molecule has 0 saturated carbocycles. The molecular formula is C11H20N4O3S. The van der Waals surface area contributed by atoms with Gasteiger partial charge in [-0.2, -0.15) is 5.10 Å². The molecule has 1 unspecified atom stereocenters. The van der Waals surface area contributed by atoms with E-state index in [0.717, 1.165) is 0 Å². The fraction of sp³-hybridized carbons (Fsp3) is 0.727. The van der Waals surface area contributed by atoms with Crippen LogP contribution in [0.5, 0.6) is 0 Å². The highest BCUT2D eigenvalue weighted by atomic mass is 32.2. The van der Waals surface area contributed by atoms with Crippen molar-refractivity contribution in [3.8, 4) is 0 Å². The van der Waals surface area contributed by atoms with E-state index in [-0.39, 0.29) is 23.2 Å². The topological polar surface area (TPSA) is 110 Å². The van der Waals surface area contributed by atoms with E-state index in [0.29, 0.717) is 25.0 Å². The maximum Gasteiger partial charge on any atom is 0.258 e. The quantitative estimate of drug-likeness (QED) is 0.728. The van der Waals surface area contributed by atoms with Crippen LogP contribution in [0.3, 0.4) is 0 Å². The minimum atomic E-state index is -3.61. The number of nitrogens with two attached hydrogens (primary N) is 1. The van der Waals surface area contributed by atoms with Crippen LogP contribution in [0.1, 0.15) is 32.3 Å². The first-order valence-electron chi connectivity index (χ1n) is 6.23. The number of rotatable bonds is 4. The normalized spacial score (nSPS) is 23.4. The summed E-state index contributed by atoms with van der Waals surface area (Å²) >= 11 is 0. The maximum absolute atomic E-state index is 12.3. The highest BCUT2D eigenvalue weighted by Crippen LogP contribution is 2.25. The summed E-state index contributed by atoms with van der Waals surface area (Å²) in [6, 6.07) is -0.136. The van der Waals surface area contributed by atoms with E-state index in [1.165, 1.54) is 6.20 Å². The molecule has 1 aromatic rings. The molecule has 1 aliphatic rings. The molecule has 19 heavy (non-hydrogen) atoms. The van der Waals surface area contributed by atoms with Gasteiger partial charge in [-0.15, -0.1) is 0 Å². The Kier molecular flexibility index (Phi) is 3.95. The lowest BCUT2D eigenvalue weighted by atomic mass is 9.95. The zero-order valence-corrected chi connectivity index (χ0v) is 12.0. The number of nitrogens with zero attached hydrogens (tertiary/aromatic N) is 1. The Morgan fingerprint density at radius 2 is 2.37 bits per heavy atom. The Morgan fingerprint density at radius 1 is 1.63 bits per heavy atom. The van der Waals surface area contributed by atoms with Crippen molar-refractivity contribution in [3.05, 3.63) is 11.8 Å². The smallest absolute Gasteiger partial charge is 0.258 e. The summed E-state index contributed by atoms with van der Waals surface area (Å²) in [5.74, 6) is 0. The van der Waals surface area contributed by atoms with Gasteiger partial charge in [-0.25, -0.2) is 13.1 Å². The number of sulfonamides is 1. The standard InChI is InChI=1S/C11H20N4O3S/c1-11(2)5-9(3-4-18-11)15-19(16,17)10-8(6-12)7-13-14-10/h7,9,15H,3-6,12H2,1-2H3,(H,13,14). The third kappa shape index (κ3) is 3.33. The molecule has 4 N–H and O–H groups in total. The first kappa shape index (κ1) is 14.4. The minimum Gasteiger partial charge on any atom is -0.375 e. The fourth-order valence-electron chi connectivity index (χ4n) is 2.29. The highest BCUT2D eigenvalue weighted by Gasteiger charge is 2.32. The first-order chi connectivity index (χ1) is 8.84. The Bertz CT molecular complexity index is 538. The SMILES string of the molecule is CC1(C)CC(NS(=O)(=O)c2[nH]ncc2CN)CCO1. The van der Waals surface area contributed by atoms with Crippen molar-refractivity contribution in [1.82, 2.24) is 14.9 Å². The Hall–Kier alpha value is -0.960. The lowest BCUT2D eigenvalue weighted by Gasteiger charge is -2.35. The fourth-order valence-corrected chi connectivity index (χ4v) is 3.70. The van der Waals surface area contributed by atoms with Gasteiger partial charge in [0.1, 0.15) is 0 Å². The van der Waals surface area contributed by atoms with Crippen LogP contribution >= 0.6 is 0 Å². The van der Waals surface area contributed by atoms with Gasteiger partial charge < -0.3 is 10.5 Å². The van der Waals surface area contributed by atoms with Crippen molar-refractivity contribution in [1.29, 1.82) is 0 Å². The molecule has 7 nitrogen and oxygen atoms in total. The third-order valence-corrected chi connectivity index (χ3v) is 4.72. The molecule has 0 bridgehead atoms. The van der Waals surface area contributed by atoms with E-state index < -0.39 is 10.0 Å². The van der Waals surface area contributed by atoms with Crippen LogP contribution in [-0.2, 0) is 21.3 Å². The minimum absolute atomic E-state index is 0.0549. The largest absolute Gasteiger partial charge is 0.375 e. The molecule has 1 saturated heterocycles. The van der Waals surface area contributed by atoms with Crippen molar-refractivity contribution in [2.24, 2.45) is 5.73 Å². The van der Waals surface area contributed by atoms with Crippen LogP contribution in [0, 0.1) is 0 Å². The van der Waals surface area contributed by atoms with E-state index in [9.17, 15) is 8.42 Å². The summed E-state index contributed by atoms with van der Waals surface area (Å²) in [6.07, 6.45) is 2.73. The van der Waals surface area contributed by atoms with E-state index in [1.54, 1.807) is 0 Å². The number of hydrogen-bond acceptors (Lipinski definition) is 5. The lowest BCUT2D eigenvalue weighted by molar-refractivity contribution is -0.0599. The van der Waals surface area contributed by atoms with Gasteiger partial charge >= 0.3 is 0 Å². The van der Waals surface area contributed by atoms with Gasteiger partial charge in [0.2, 0.25) is 0 Å². The van der Waals surface area contributed by atoms with Gasteiger partial charge in [-0.3, -0.25) is 5.10 Å². The summed E-state index contributed by atoms with van der Waals surface area (Å²) in [6.45, 7) is 4.59. The van der Waals surface area contributed by atoms with Gasteiger partial charge in [0.25, 0.3) is 10.0 Å². The van der Waals surface area contributed by atoms with Gasteiger partial charge in [-0.05, 0) is 26.7 Å². The molecule has 0 aromatic carbocycles. The van der Waals surface area contributed by atoms with E-state index >= 15 is 0 Å². The van der Waals surface area contributed by atoms with Crippen molar-refractivity contribution < 1.29 is 13.2 Å². The average Bonchev–Trinajstić information content (AvgIpc) is 2.75. The molecule has 0 spiro atoms. The molecular weight excluding hydrogens is 268 g/mol. The second-order valence-electron chi connectivity index (χ2n) is 5.35. The van der Waals surface area contributed by atoms with Gasteiger partial charge in [0, 0.05) is 24.8 Å². The van der Waals surface area contributed by atoms with Crippen LogP contribution in [0.2, 0.25) is 0 Å². The number of aromatic amines is 1. The number of ether oxygens (including phenoxy) is 1. The zero-order valence-electron chi connectivity index (χ0n) is 11.1. The van der Waals surface area contributed by atoms with E-state index in [4.69, 9.17) is 10.5 Å². The number of aromatic nitrogens is 2. The van der Waals surface area contributed by atoms with Crippen molar-refractivity contribution >= 4 is 10.0 Å². The summed E-state index contributed by atoms with van der Waals surface area (Å²) in [7, 11) is -3.61.